The average molecular weight is 533 g/mol. The van der Waals surface area contributed by atoms with Crippen LogP contribution in [0.3, 0.4) is 0 Å². The molecule has 39 heavy (non-hydrogen) atoms. The maximum atomic E-state index is 14.1. The van der Waals surface area contributed by atoms with Gasteiger partial charge in [-0.1, -0.05) is 93.6 Å². The molecule has 1 aliphatic carbocycles. The number of ketones is 2. The Morgan fingerprint density at radius 3 is 1.82 bits per heavy atom. The zero-order chi connectivity index (χ0) is 28.6. The molecule has 2 aromatic rings. The van der Waals surface area contributed by atoms with E-state index in [1.54, 1.807) is 50.2 Å². The Bertz CT molecular complexity index is 1160. The van der Waals surface area contributed by atoms with Crippen molar-refractivity contribution < 1.29 is 28.7 Å². The van der Waals surface area contributed by atoms with Gasteiger partial charge in [0.2, 0.25) is 0 Å². The van der Waals surface area contributed by atoms with Crippen LogP contribution >= 0.6 is 0 Å². The van der Waals surface area contributed by atoms with E-state index in [1.807, 2.05) is 57.2 Å². The van der Waals surface area contributed by atoms with Crippen LogP contribution < -0.4 is 0 Å². The highest BCUT2D eigenvalue weighted by molar-refractivity contribution is 6.03. The normalized spacial score (nSPS) is 20.8. The zero-order valence-corrected chi connectivity index (χ0v) is 23.6. The third-order valence-corrected chi connectivity index (χ3v) is 7.24. The number of Topliss-reactive ketones (excluding diaryl/α,β-unsaturated/α-hetero) is 2. The number of rotatable bonds is 10. The van der Waals surface area contributed by atoms with Crippen molar-refractivity contribution in [3.8, 4) is 0 Å². The first-order chi connectivity index (χ1) is 18.5. The summed E-state index contributed by atoms with van der Waals surface area (Å²) in [5.41, 5.74) is -0.764. The molecule has 2 aromatic carbocycles. The van der Waals surface area contributed by atoms with Crippen LogP contribution in [0.1, 0.15) is 74.6 Å². The SMILES string of the molecule is CCOC(=O)C1(C(=O)OCC)C[C@@H](CC(=O)c2ccccc2)[C@H](C(=O)c2ccccc2)[C@@H](/C=C/C(C)(C)C)C1. The fourth-order valence-corrected chi connectivity index (χ4v) is 5.47. The lowest BCUT2D eigenvalue weighted by Gasteiger charge is -2.44. The Morgan fingerprint density at radius 1 is 0.821 bits per heavy atom. The van der Waals surface area contributed by atoms with Crippen LogP contribution in [-0.2, 0) is 19.1 Å². The van der Waals surface area contributed by atoms with Crippen LogP contribution in [-0.4, -0.2) is 36.7 Å². The van der Waals surface area contributed by atoms with Crippen molar-refractivity contribution in [1.82, 2.24) is 0 Å². The van der Waals surface area contributed by atoms with E-state index in [1.165, 1.54) is 0 Å². The molecule has 6 nitrogen and oxygen atoms in total. The zero-order valence-electron chi connectivity index (χ0n) is 23.6. The number of ether oxygens (including phenoxy) is 2. The molecule has 0 saturated heterocycles. The first kappa shape index (κ1) is 30.0. The smallest absolute Gasteiger partial charge is 0.323 e. The Morgan fingerprint density at radius 2 is 1.33 bits per heavy atom. The average Bonchev–Trinajstić information content (AvgIpc) is 2.92. The van der Waals surface area contributed by atoms with Crippen molar-refractivity contribution in [2.75, 3.05) is 13.2 Å². The molecule has 0 radical (unpaired) electrons. The Balaban J connectivity index is 2.18. The fourth-order valence-electron chi connectivity index (χ4n) is 5.47. The lowest BCUT2D eigenvalue weighted by Crippen LogP contribution is -2.52. The third-order valence-electron chi connectivity index (χ3n) is 7.24. The van der Waals surface area contributed by atoms with E-state index in [9.17, 15) is 19.2 Å². The Labute approximate surface area is 231 Å². The quantitative estimate of drug-likeness (QED) is 0.150. The number of benzene rings is 2. The number of carbonyl (C=O) groups excluding carboxylic acids is 4. The highest BCUT2D eigenvalue weighted by atomic mass is 16.6. The van der Waals surface area contributed by atoms with Crippen LogP contribution in [0.25, 0.3) is 0 Å². The molecule has 1 aliphatic rings. The molecule has 6 heteroatoms. The first-order valence-corrected chi connectivity index (χ1v) is 13.7. The van der Waals surface area contributed by atoms with Gasteiger partial charge in [-0.05, 0) is 43.9 Å². The Hall–Kier alpha value is -3.54. The maximum Gasteiger partial charge on any atom is 0.323 e. The largest absolute Gasteiger partial charge is 0.465 e. The van der Waals surface area contributed by atoms with E-state index in [2.05, 4.69) is 0 Å². The summed E-state index contributed by atoms with van der Waals surface area (Å²) in [5.74, 6) is -3.29. The molecule has 0 heterocycles. The first-order valence-electron chi connectivity index (χ1n) is 13.7. The standard InChI is InChI=1S/C33H40O6/c1-6-38-30(36)33(31(37)39-7-2)21-25(18-19-32(3,4)5)28(29(35)24-16-12-9-13-17-24)26(22-33)20-27(34)23-14-10-8-11-15-23/h8-19,25-26,28H,6-7,20-22H2,1-5H3/b19-18+/t25-,26+,28+/m0/s1. The van der Waals surface area contributed by atoms with Gasteiger partial charge in [0.1, 0.15) is 0 Å². The molecule has 0 N–H and O–H groups in total. The number of esters is 2. The van der Waals surface area contributed by atoms with E-state index in [0.29, 0.717) is 11.1 Å². The van der Waals surface area contributed by atoms with Crippen LogP contribution in [0.15, 0.2) is 72.8 Å². The second-order valence-electron chi connectivity index (χ2n) is 11.3. The van der Waals surface area contributed by atoms with Gasteiger partial charge in [0, 0.05) is 23.5 Å². The lowest BCUT2D eigenvalue weighted by atomic mass is 9.57. The molecule has 0 amide bonds. The van der Waals surface area contributed by atoms with E-state index in [4.69, 9.17) is 9.47 Å². The molecule has 1 fully saturated rings. The lowest BCUT2D eigenvalue weighted by molar-refractivity contribution is -0.178. The van der Waals surface area contributed by atoms with Crippen LogP contribution in [0.5, 0.6) is 0 Å². The van der Waals surface area contributed by atoms with Crippen molar-refractivity contribution in [1.29, 1.82) is 0 Å². The molecule has 1 saturated carbocycles. The van der Waals surface area contributed by atoms with Gasteiger partial charge in [0.25, 0.3) is 0 Å². The van der Waals surface area contributed by atoms with E-state index in [0.717, 1.165) is 0 Å². The number of allylic oxidation sites excluding steroid dienone is 2. The minimum absolute atomic E-state index is 0.00760. The number of hydrogen-bond acceptors (Lipinski definition) is 6. The second-order valence-corrected chi connectivity index (χ2v) is 11.3. The molecule has 3 rings (SSSR count). The summed E-state index contributed by atoms with van der Waals surface area (Å²) in [6.45, 7) is 9.70. The minimum Gasteiger partial charge on any atom is -0.465 e. The highest BCUT2D eigenvalue weighted by Gasteiger charge is 2.58. The van der Waals surface area contributed by atoms with Gasteiger partial charge < -0.3 is 9.47 Å². The Kier molecular flexibility index (Phi) is 10.0. The predicted octanol–water partition coefficient (Wildman–Crippen LogP) is 6.50. The summed E-state index contributed by atoms with van der Waals surface area (Å²) in [5, 5.41) is 0. The van der Waals surface area contributed by atoms with Crippen molar-refractivity contribution in [2.45, 2.75) is 53.9 Å². The summed E-state index contributed by atoms with van der Waals surface area (Å²) >= 11 is 0. The van der Waals surface area contributed by atoms with Gasteiger partial charge in [-0.15, -0.1) is 0 Å². The fraction of sp³-hybridized carbons (Fsp3) is 0.455. The van der Waals surface area contributed by atoms with Gasteiger partial charge >= 0.3 is 11.9 Å². The van der Waals surface area contributed by atoms with Crippen molar-refractivity contribution >= 4 is 23.5 Å². The van der Waals surface area contributed by atoms with Gasteiger partial charge in [0.15, 0.2) is 17.0 Å². The molecule has 0 unspecified atom stereocenters. The summed E-state index contributed by atoms with van der Waals surface area (Å²) in [7, 11) is 0. The van der Waals surface area contributed by atoms with Crippen LogP contribution in [0.4, 0.5) is 0 Å². The minimum atomic E-state index is -1.62. The summed E-state index contributed by atoms with van der Waals surface area (Å²) in [4.78, 5) is 54.6. The monoisotopic (exact) mass is 532 g/mol. The van der Waals surface area contributed by atoms with Crippen molar-refractivity contribution in [2.24, 2.45) is 28.6 Å². The number of carbonyl (C=O) groups is 4. The van der Waals surface area contributed by atoms with E-state index in [-0.39, 0.29) is 49.5 Å². The third kappa shape index (κ3) is 7.31. The van der Waals surface area contributed by atoms with Gasteiger partial charge in [-0.2, -0.15) is 0 Å². The summed E-state index contributed by atoms with van der Waals surface area (Å²) in [6, 6.07) is 17.9. The van der Waals surface area contributed by atoms with E-state index < -0.39 is 35.1 Å². The topological polar surface area (TPSA) is 86.7 Å². The molecular formula is C33H40O6. The second kappa shape index (κ2) is 13.0. The molecule has 3 atom stereocenters. The van der Waals surface area contributed by atoms with Crippen molar-refractivity contribution in [3.05, 3.63) is 83.9 Å². The van der Waals surface area contributed by atoms with Crippen LogP contribution in [0.2, 0.25) is 0 Å². The molecule has 0 aliphatic heterocycles. The number of hydrogen-bond donors (Lipinski definition) is 0. The van der Waals surface area contributed by atoms with Crippen LogP contribution in [0, 0.1) is 28.6 Å². The van der Waals surface area contributed by atoms with Crippen molar-refractivity contribution in [3.63, 3.8) is 0 Å². The molecule has 0 aromatic heterocycles. The molecular weight excluding hydrogens is 492 g/mol. The van der Waals surface area contributed by atoms with Gasteiger partial charge in [-0.25, -0.2) is 0 Å². The molecule has 0 spiro atoms. The predicted molar refractivity (Wildman–Crippen MR) is 150 cm³/mol. The van der Waals surface area contributed by atoms with E-state index >= 15 is 0 Å². The van der Waals surface area contributed by atoms with Gasteiger partial charge in [0.05, 0.1) is 13.2 Å². The summed E-state index contributed by atoms with van der Waals surface area (Å²) < 4.78 is 10.9. The molecule has 0 bridgehead atoms. The van der Waals surface area contributed by atoms with Gasteiger partial charge in [-0.3, -0.25) is 19.2 Å². The maximum absolute atomic E-state index is 14.1. The molecule has 208 valence electrons. The summed E-state index contributed by atoms with van der Waals surface area (Å²) in [6.07, 6.45) is 4.01. The highest BCUT2D eigenvalue weighted by Crippen LogP contribution is 2.50.